The van der Waals surface area contributed by atoms with Crippen LogP contribution >= 0.6 is 11.6 Å². The van der Waals surface area contributed by atoms with Crippen molar-refractivity contribution in [1.82, 2.24) is 4.90 Å². The Balaban J connectivity index is 1.32. The fraction of sp³-hybridized carbons (Fsp3) is 0.370. The van der Waals surface area contributed by atoms with E-state index >= 15 is 0 Å². The molecule has 174 valence electrons. The van der Waals surface area contributed by atoms with Crippen LogP contribution in [0.4, 0.5) is 5.69 Å². The minimum absolute atomic E-state index is 0.116. The SMILES string of the molecule is CCOc1ccc(N(CN2C(=O)C3C4C=CC(C5CC45)C3C2=O)C(=O)c2ccc(Cl)cc2)cc1. The van der Waals surface area contributed by atoms with E-state index in [0.29, 0.717) is 40.5 Å². The lowest BCUT2D eigenvalue weighted by molar-refractivity contribution is -0.140. The quantitative estimate of drug-likeness (QED) is 0.458. The molecule has 6 unspecified atom stereocenters. The van der Waals surface area contributed by atoms with Crippen LogP contribution in [0.5, 0.6) is 5.75 Å². The summed E-state index contributed by atoms with van der Waals surface area (Å²) in [6.07, 6.45) is 5.42. The third-order valence-electron chi connectivity index (χ3n) is 7.83. The van der Waals surface area contributed by atoms with Gasteiger partial charge in [0, 0.05) is 16.3 Å². The van der Waals surface area contributed by atoms with Gasteiger partial charge in [-0.25, -0.2) is 0 Å². The molecule has 3 amide bonds. The largest absolute Gasteiger partial charge is 0.494 e. The molecule has 7 rings (SSSR count). The summed E-state index contributed by atoms with van der Waals surface area (Å²) >= 11 is 6.01. The van der Waals surface area contributed by atoms with Crippen LogP contribution in [0.3, 0.4) is 0 Å². The van der Waals surface area contributed by atoms with Gasteiger partial charge in [-0.05, 0) is 85.5 Å². The highest BCUT2D eigenvalue weighted by Crippen LogP contribution is 2.65. The lowest BCUT2D eigenvalue weighted by Gasteiger charge is -2.37. The van der Waals surface area contributed by atoms with Gasteiger partial charge in [-0.1, -0.05) is 23.8 Å². The Kier molecular flexibility index (Phi) is 5.03. The van der Waals surface area contributed by atoms with Crippen LogP contribution in [0.1, 0.15) is 23.7 Å². The number of hydrogen-bond donors (Lipinski definition) is 0. The molecule has 4 aliphatic carbocycles. The van der Waals surface area contributed by atoms with E-state index in [2.05, 4.69) is 12.2 Å². The van der Waals surface area contributed by atoms with E-state index < -0.39 is 0 Å². The predicted octanol–water partition coefficient (Wildman–Crippen LogP) is 4.40. The third-order valence-corrected chi connectivity index (χ3v) is 8.08. The maximum absolute atomic E-state index is 13.6. The van der Waals surface area contributed by atoms with Gasteiger partial charge in [-0.3, -0.25) is 24.2 Å². The monoisotopic (exact) mass is 476 g/mol. The molecule has 7 heteroatoms. The molecule has 2 saturated carbocycles. The molecule has 0 aromatic heterocycles. The maximum Gasteiger partial charge on any atom is 0.259 e. The van der Waals surface area contributed by atoms with Crippen LogP contribution in [-0.2, 0) is 9.59 Å². The van der Waals surface area contributed by atoms with Gasteiger partial charge in [0.25, 0.3) is 5.91 Å². The van der Waals surface area contributed by atoms with Gasteiger partial charge < -0.3 is 4.74 Å². The first-order valence-electron chi connectivity index (χ1n) is 11.8. The molecular formula is C27H25ClN2O4. The molecule has 34 heavy (non-hydrogen) atoms. The molecule has 2 aromatic rings. The van der Waals surface area contributed by atoms with Crippen molar-refractivity contribution >= 4 is 35.0 Å². The molecule has 1 saturated heterocycles. The highest BCUT2D eigenvalue weighted by molar-refractivity contribution is 6.30. The molecule has 2 bridgehead atoms. The summed E-state index contributed by atoms with van der Waals surface area (Å²) in [5.41, 5.74) is 1.01. The second-order valence-corrected chi connectivity index (χ2v) is 10.0. The number of likely N-dealkylation sites (tertiary alicyclic amines) is 1. The number of ether oxygens (including phenoxy) is 1. The average molecular weight is 477 g/mol. The first-order valence-corrected chi connectivity index (χ1v) is 12.2. The van der Waals surface area contributed by atoms with E-state index in [4.69, 9.17) is 16.3 Å². The number of halogens is 1. The number of allylic oxidation sites excluding steroid dienone is 2. The molecule has 1 aliphatic heterocycles. The zero-order valence-electron chi connectivity index (χ0n) is 18.8. The predicted molar refractivity (Wildman–Crippen MR) is 127 cm³/mol. The van der Waals surface area contributed by atoms with Crippen molar-refractivity contribution in [3.8, 4) is 5.75 Å². The zero-order chi connectivity index (χ0) is 23.6. The van der Waals surface area contributed by atoms with Crippen molar-refractivity contribution in [3.63, 3.8) is 0 Å². The Bertz CT molecular complexity index is 1160. The van der Waals surface area contributed by atoms with Crippen molar-refractivity contribution in [1.29, 1.82) is 0 Å². The molecule has 0 N–H and O–H groups in total. The van der Waals surface area contributed by atoms with Crippen LogP contribution in [0.15, 0.2) is 60.7 Å². The van der Waals surface area contributed by atoms with Crippen molar-refractivity contribution in [3.05, 3.63) is 71.3 Å². The first kappa shape index (κ1) is 21.4. The van der Waals surface area contributed by atoms with Crippen LogP contribution < -0.4 is 9.64 Å². The van der Waals surface area contributed by atoms with Crippen LogP contribution in [0.25, 0.3) is 0 Å². The fourth-order valence-electron chi connectivity index (χ4n) is 6.20. The van der Waals surface area contributed by atoms with Crippen molar-refractivity contribution in [2.24, 2.45) is 35.5 Å². The van der Waals surface area contributed by atoms with Gasteiger partial charge in [-0.2, -0.15) is 0 Å². The molecule has 6 atom stereocenters. The molecular weight excluding hydrogens is 452 g/mol. The summed E-state index contributed by atoms with van der Waals surface area (Å²) in [5, 5.41) is 0.527. The second-order valence-electron chi connectivity index (χ2n) is 9.57. The number of rotatable bonds is 6. The molecule has 0 spiro atoms. The van der Waals surface area contributed by atoms with E-state index in [9.17, 15) is 14.4 Å². The summed E-state index contributed by atoms with van der Waals surface area (Å²) in [5.74, 6) is 0.847. The van der Waals surface area contributed by atoms with E-state index in [-0.39, 0.29) is 48.1 Å². The van der Waals surface area contributed by atoms with Gasteiger partial charge in [0.05, 0.1) is 18.4 Å². The van der Waals surface area contributed by atoms with Crippen molar-refractivity contribution in [2.45, 2.75) is 13.3 Å². The number of amides is 3. The summed E-state index contributed by atoms with van der Waals surface area (Å²) in [6.45, 7) is 2.32. The second kappa shape index (κ2) is 7.98. The summed E-state index contributed by atoms with van der Waals surface area (Å²) < 4.78 is 5.53. The summed E-state index contributed by atoms with van der Waals surface area (Å²) in [4.78, 5) is 43.4. The molecule has 5 aliphatic rings. The third kappa shape index (κ3) is 3.27. The first-order chi connectivity index (χ1) is 16.5. The number of nitrogens with zero attached hydrogens (tertiary/aromatic N) is 2. The van der Waals surface area contributed by atoms with E-state index in [1.807, 2.05) is 6.92 Å². The number of benzene rings is 2. The number of carbonyl (C=O) groups excluding carboxylic acids is 3. The molecule has 1 heterocycles. The van der Waals surface area contributed by atoms with Crippen LogP contribution in [0, 0.1) is 35.5 Å². The van der Waals surface area contributed by atoms with Crippen molar-refractivity contribution < 1.29 is 19.1 Å². The van der Waals surface area contributed by atoms with E-state index in [0.717, 1.165) is 6.42 Å². The highest BCUT2D eigenvalue weighted by atomic mass is 35.5. The number of imide groups is 1. The number of hydrogen-bond acceptors (Lipinski definition) is 4. The Hall–Kier alpha value is -3.12. The Morgan fingerprint density at radius 3 is 2.12 bits per heavy atom. The lowest BCUT2D eigenvalue weighted by Crippen LogP contribution is -2.45. The van der Waals surface area contributed by atoms with Gasteiger partial charge >= 0.3 is 0 Å². The minimum Gasteiger partial charge on any atom is -0.494 e. The fourth-order valence-corrected chi connectivity index (χ4v) is 6.33. The van der Waals surface area contributed by atoms with Gasteiger partial charge in [-0.15, -0.1) is 0 Å². The minimum atomic E-state index is -0.305. The molecule has 6 nitrogen and oxygen atoms in total. The zero-order valence-corrected chi connectivity index (χ0v) is 19.5. The van der Waals surface area contributed by atoms with E-state index in [1.165, 1.54) is 9.80 Å². The number of carbonyl (C=O) groups is 3. The topological polar surface area (TPSA) is 66.9 Å². The van der Waals surface area contributed by atoms with Gasteiger partial charge in [0.2, 0.25) is 11.8 Å². The summed E-state index contributed by atoms with van der Waals surface area (Å²) in [7, 11) is 0. The molecule has 0 radical (unpaired) electrons. The Morgan fingerprint density at radius 2 is 1.56 bits per heavy atom. The van der Waals surface area contributed by atoms with Gasteiger partial charge in [0.1, 0.15) is 12.4 Å². The van der Waals surface area contributed by atoms with Crippen LogP contribution in [0.2, 0.25) is 5.02 Å². The molecule has 3 fully saturated rings. The Labute approximate surface area is 203 Å². The lowest BCUT2D eigenvalue weighted by atomic mass is 9.63. The van der Waals surface area contributed by atoms with Crippen LogP contribution in [-0.4, -0.2) is 35.9 Å². The average Bonchev–Trinajstić information content (AvgIpc) is 3.63. The smallest absolute Gasteiger partial charge is 0.259 e. The van der Waals surface area contributed by atoms with Crippen molar-refractivity contribution in [2.75, 3.05) is 18.2 Å². The molecule has 2 aromatic carbocycles. The highest BCUT2D eigenvalue weighted by Gasteiger charge is 2.67. The van der Waals surface area contributed by atoms with Gasteiger partial charge in [0.15, 0.2) is 0 Å². The Morgan fingerprint density at radius 1 is 0.971 bits per heavy atom. The standard InChI is InChI=1S/C27H25ClN2O4/c1-2-34-18-9-7-17(8-10-18)29(25(31)15-3-5-16(28)6-4-15)14-30-26(32)23-19-11-12-20(22-13-21(19)22)24(23)27(30)33/h3-12,19-24H,2,13-14H2,1H3. The van der Waals surface area contributed by atoms with E-state index in [1.54, 1.807) is 48.5 Å². The maximum atomic E-state index is 13.6. The summed E-state index contributed by atoms with van der Waals surface area (Å²) in [6, 6.07) is 13.7. The normalized spacial score (nSPS) is 30.2. The number of anilines is 1.